The van der Waals surface area contributed by atoms with Crippen molar-refractivity contribution in [2.75, 3.05) is 0 Å². The molecule has 0 aliphatic heterocycles. The standard InChI is InChI=1S/C11H20O/c1-9(2)8-5-6-10(9,3)11(4,12)7-8/h8,12H,5-7H2,1-4H3/t8?,10-,11?/m0/s1. The van der Waals surface area contributed by atoms with Crippen molar-refractivity contribution in [2.45, 2.75) is 52.6 Å². The minimum absolute atomic E-state index is 0.157. The SMILES string of the molecule is CC1(O)CC2CC[C@@]1(C)C2(C)C. The Morgan fingerprint density at radius 3 is 1.92 bits per heavy atom. The van der Waals surface area contributed by atoms with Crippen LogP contribution in [0.3, 0.4) is 0 Å². The molecule has 2 bridgehead atoms. The molecule has 0 spiro atoms. The number of rotatable bonds is 0. The monoisotopic (exact) mass is 168 g/mol. The molecule has 3 atom stereocenters. The van der Waals surface area contributed by atoms with E-state index in [1.807, 2.05) is 6.92 Å². The van der Waals surface area contributed by atoms with Crippen LogP contribution in [-0.4, -0.2) is 10.7 Å². The Hall–Kier alpha value is -0.0400. The molecule has 2 saturated carbocycles. The van der Waals surface area contributed by atoms with E-state index in [0.29, 0.717) is 5.41 Å². The number of hydrogen-bond acceptors (Lipinski definition) is 1. The smallest absolute Gasteiger partial charge is 0.0681 e. The topological polar surface area (TPSA) is 20.2 Å². The summed E-state index contributed by atoms with van der Waals surface area (Å²) in [6, 6.07) is 0. The van der Waals surface area contributed by atoms with Crippen LogP contribution in [0.2, 0.25) is 0 Å². The Morgan fingerprint density at radius 2 is 1.75 bits per heavy atom. The minimum atomic E-state index is -0.417. The van der Waals surface area contributed by atoms with E-state index in [1.165, 1.54) is 12.8 Å². The summed E-state index contributed by atoms with van der Waals surface area (Å²) in [5.74, 6) is 0.748. The van der Waals surface area contributed by atoms with Crippen LogP contribution in [0.15, 0.2) is 0 Å². The first-order valence-corrected chi connectivity index (χ1v) is 5.04. The summed E-state index contributed by atoms with van der Waals surface area (Å²) in [6.07, 6.45) is 3.54. The van der Waals surface area contributed by atoms with Crippen LogP contribution in [0, 0.1) is 16.7 Å². The third-order valence-electron chi connectivity index (χ3n) is 5.27. The fraction of sp³-hybridized carbons (Fsp3) is 1.00. The van der Waals surface area contributed by atoms with Crippen molar-refractivity contribution in [3.05, 3.63) is 0 Å². The van der Waals surface area contributed by atoms with Gasteiger partial charge in [-0.3, -0.25) is 0 Å². The maximum atomic E-state index is 10.3. The van der Waals surface area contributed by atoms with Crippen molar-refractivity contribution in [3.8, 4) is 0 Å². The first-order chi connectivity index (χ1) is 5.31. The molecule has 2 aliphatic rings. The highest BCUT2D eigenvalue weighted by molar-refractivity contribution is 5.16. The predicted octanol–water partition coefficient (Wildman–Crippen LogP) is 2.58. The van der Waals surface area contributed by atoms with E-state index in [2.05, 4.69) is 20.8 Å². The Morgan fingerprint density at radius 1 is 1.17 bits per heavy atom. The van der Waals surface area contributed by atoms with Crippen molar-refractivity contribution in [3.63, 3.8) is 0 Å². The molecule has 0 aromatic heterocycles. The lowest BCUT2D eigenvalue weighted by atomic mass is 9.65. The van der Waals surface area contributed by atoms with E-state index in [-0.39, 0.29) is 5.41 Å². The van der Waals surface area contributed by atoms with Crippen molar-refractivity contribution >= 4 is 0 Å². The van der Waals surface area contributed by atoms with Crippen molar-refractivity contribution in [2.24, 2.45) is 16.7 Å². The van der Waals surface area contributed by atoms with Gasteiger partial charge in [0.15, 0.2) is 0 Å². The third kappa shape index (κ3) is 0.654. The lowest BCUT2D eigenvalue weighted by Gasteiger charge is -2.43. The summed E-state index contributed by atoms with van der Waals surface area (Å²) < 4.78 is 0. The zero-order valence-corrected chi connectivity index (χ0v) is 8.65. The summed E-state index contributed by atoms with van der Waals surface area (Å²) in [5.41, 5.74) is 0.0839. The van der Waals surface area contributed by atoms with Crippen LogP contribution in [-0.2, 0) is 0 Å². The Balaban J connectivity index is 2.47. The van der Waals surface area contributed by atoms with E-state index in [1.54, 1.807) is 0 Å². The van der Waals surface area contributed by atoms with Gasteiger partial charge in [-0.05, 0) is 37.5 Å². The van der Waals surface area contributed by atoms with E-state index < -0.39 is 5.60 Å². The van der Waals surface area contributed by atoms with Gasteiger partial charge in [0.2, 0.25) is 0 Å². The van der Waals surface area contributed by atoms with Crippen LogP contribution in [0.4, 0.5) is 0 Å². The molecule has 0 aromatic rings. The molecule has 70 valence electrons. The Labute approximate surface area is 75.2 Å². The molecular weight excluding hydrogens is 148 g/mol. The van der Waals surface area contributed by atoms with Gasteiger partial charge in [0.25, 0.3) is 0 Å². The van der Waals surface area contributed by atoms with Crippen molar-refractivity contribution in [1.29, 1.82) is 0 Å². The molecule has 0 aromatic carbocycles. The van der Waals surface area contributed by atoms with Gasteiger partial charge in [0.05, 0.1) is 5.60 Å². The van der Waals surface area contributed by atoms with Gasteiger partial charge in [-0.1, -0.05) is 20.8 Å². The second-order valence-electron chi connectivity index (χ2n) is 5.77. The highest BCUT2D eigenvalue weighted by Crippen LogP contribution is 2.69. The summed E-state index contributed by atoms with van der Waals surface area (Å²) in [5, 5.41) is 10.3. The molecule has 1 nitrogen and oxygen atoms in total. The van der Waals surface area contributed by atoms with Gasteiger partial charge in [0.1, 0.15) is 0 Å². The molecule has 2 rings (SSSR count). The second kappa shape index (κ2) is 1.89. The van der Waals surface area contributed by atoms with Crippen molar-refractivity contribution < 1.29 is 5.11 Å². The van der Waals surface area contributed by atoms with Gasteiger partial charge in [0, 0.05) is 5.41 Å². The number of hydrogen-bond donors (Lipinski definition) is 1. The van der Waals surface area contributed by atoms with Gasteiger partial charge >= 0.3 is 0 Å². The first-order valence-electron chi connectivity index (χ1n) is 5.04. The van der Waals surface area contributed by atoms with E-state index in [9.17, 15) is 5.11 Å². The summed E-state index contributed by atoms with van der Waals surface area (Å²) in [4.78, 5) is 0. The number of aliphatic hydroxyl groups is 1. The fourth-order valence-corrected chi connectivity index (χ4v) is 3.62. The average molecular weight is 168 g/mol. The molecule has 2 aliphatic carbocycles. The maximum absolute atomic E-state index is 10.3. The Bertz CT molecular complexity index is 217. The second-order valence-corrected chi connectivity index (χ2v) is 5.77. The van der Waals surface area contributed by atoms with Gasteiger partial charge < -0.3 is 5.11 Å². The van der Waals surface area contributed by atoms with Crippen LogP contribution in [0.5, 0.6) is 0 Å². The quantitative estimate of drug-likeness (QED) is 0.589. The van der Waals surface area contributed by atoms with E-state index in [0.717, 1.165) is 12.3 Å². The molecule has 0 saturated heterocycles. The summed E-state index contributed by atoms with van der Waals surface area (Å²) in [6.45, 7) is 8.94. The molecule has 0 amide bonds. The average Bonchev–Trinajstić information content (AvgIpc) is 2.18. The zero-order valence-electron chi connectivity index (χ0n) is 8.65. The maximum Gasteiger partial charge on any atom is 0.0681 e. The van der Waals surface area contributed by atoms with E-state index >= 15 is 0 Å². The van der Waals surface area contributed by atoms with Crippen LogP contribution < -0.4 is 0 Å². The highest BCUT2D eigenvalue weighted by Gasteiger charge is 2.66. The fourth-order valence-electron chi connectivity index (χ4n) is 3.62. The van der Waals surface area contributed by atoms with Crippen LogP contribution in [0.25, 0.3) is 0 Å². The minimum Gasteiger partial charge on any atom is -0.390 e. The zero-order chi connectivity index (χ0) is 9.20. The summed E-state index contributed by atoms with van der Waals surface area (Å²) >= 11 is 0. The lowest BCUT2D eigenvalue weighted by molar-refractivity contribution is -0.0745. The number of fused-ring (bicyclic) bond motifs is 2. The molecule has 1 N–H and O–H groups in total. The summed E-state index contributed by atoms with van der Waals surface area (Å²) in [7, 11) is 0. The van der Waals surface area contributed by atoms with Crippen LogP contribution in [0.1, 0.15) is 47.0 Å². The highest BCUT2D eigenvalue weighted by atomic mass is 16.3. The predicted molar refractivity (Wildman–Crippen MR) is 49.9 cm³/mol. The first kappa shape index (κ1) is 8.55. The molecule has 0 heterocycles. The van der Waals surface area contributed by atoms with Crippen LogP contribution >= 0.6 is 0 Å². The van der Waals surface area contributed by atoms with Gasteiger partial charge in [-0.25, -0.2) is 0 Å². The van der Waals surface area contributed by atoms with Gasteiger partial charge in [-0.2, -0.15) is 0 Å². The largest absolute Gasteiger partial charge is 0.390 e. The molecular formula is C11H20O. The molecule has 12 heavy (non-hydrogen) atoms. The lowest BCUT2D eigenvalue weighted by Crippen LogP contribution is -2.44. The van der Waals surface area contributed by atoms with E-state index in [4.69, 9.17) is 0 Å². The van der Waals surface area contributed by atoms with Gasteiger partial charge in [-0.15, -0.1) is 0 Å². The van der Waals surface area contributed by atoms with Crippen molar-refractivity contribution in [1.82, 2.24) is 0 Å². The molecule has 2 unspecified atom stereocenters. The Kier molecular flexibility index (Phi) is 1.35. The normalized spacial score (nSPS) is 56.2. The third-order valence-corrected chi connectivity index (χ3v) is 5.27. The molecule has 0 radical (unpaired) electrons. The molecule has 2 fully saturated rings. The molecule has 1 heteroatoms.